The number of aliphatic hydroxyl groups excluding tert-OH is 3. The van der Waals surface area contributed by atoms with Crippen LogP contribution in [0.4, 0.5) is 0 Å². The summed E-state index contributed by atoms with van der Waals surface area (Å²) in [7, 11) is 0. The lowest BCUT2D eigenvalue weighted by Crippen LogP contribution is -2.41. The number of aliphatic hydroxyl groups is 3. The second-order valence-electron chi connectivity index (χ2n) is 3.61. The highest BCUT2D eigenvalue weighted by Gasteiger charge is 2.27. The Bertz CT molecular complexity index is 170. The second-order valence-corrected chi connectivity index (χ2v) is 3.61. The van der Waals surface area contributed by atoms with E-state index in [-0.39, 0.29) is 0 Å². The van der Waals surface area contributed by atoms with Crippen molar-refractivity contribution in [2.75, 3.05) is 0 Å². The van der Waals surface area contributed by atoms with Crippen LogP contribution in [-0.2, 0) is 4.79 Å². The van der Waals surface area contributed by atoms with Gasteiger partial charge in [0.05, 0.1) is 6.10 Å². The van der Waals surface area contributed by atoms with Crippen LogP contribution in [0.3, 0.4) is 0 Å². The molecule has 84 valence electrons. The number of Topliss-reactive ketones (excluding diaryl/α,β-unsaturated/α-hetero) is 1. The van der Waals surface area contributed by atoms with Gasteiger partial charge in [0.2, 0.25) is 0 Å². The molecule has 3 atom stereocenters. The average molecular weight is 204 g/mol. The van der Waals surface area contributed by atoms with Crippen molar-refractivity contribution in [3.05, 3.63) is 0 Å². The summed E-state index contributed by atoms with van der Waals surface area (Å²) in [4.78, 5) is 10.7. The van der Waals surface area contributed by atoms with E-state index in [2.05, 4.69) is 0 Å². The molecule has 0 amide bonds. The molecule has 0 aliphatic carbocycles. The first-order valence-electron chi connectivity index (χ1n) is 5.05. The molecule has 0 saturated heterocycles. The van der Waals surface area contributed by atoms with Crippen LogP contribution in [0.1, 0.15) is 39.5 Å². The monoisotopic (exact) mass is 204 g/mol. The smallest absolute Gasteiger partial charge is 0.160 e. The van der Waals surface area contributed by atoms with Crippen LogP contribution in [0.15, 0.2) is 0 Å². The maximum atomic E-state index is 10.7. The molecule has 0 saturated carbocycles. The first kappa shape index (κ1) is 13.5. The lowest BCUT2D eigenvalue weighted by molar-refractivity contribution is -0.136. The fourth-order valence-corrected chi connectivity index (χ4v) is 1.23. The Balaban J connectivity index is 3.85. The van der Waals surface area contributed by atoms with Gasteiger partial charge in [-0.25, -0.2) is 0 Å². The van der Waals surface area contributed by atoms with Gasteiger partial charge < -0.3 is 15.3 Å². The Hall–Kier alpha value is -0.450. The summed E-state index contributed by atoms with van der Waals surface area (Å²) in [6, 6.07) is 0. The van der Waals surface area contributed by atoms with E-state index in [4.69, 9.17) is 5.11 Å². The molecular weight excluding hydrogens is 184 g/mol. The molecule has 0 bridgehead atoms. The highest BCUT2D eigenvalue weighted by molar-refractivity contribution is 5.80. The molecule has 0 aliphatic heterocycles. The molecule has 0 fully saturated rings. The third-order valence-electron chi connectivity index (χ3n) is 2.24. The van der Waals surface area contributed by atoms with Crippen molar-refractivity contribution >= 4 is 5.78 Å². The van der Waals surface area contributed by atoms with Gasteiger partial charge >= 0.3 is 0 Å². The van der Waals surface area contributed by atoms with Gasteiger partial charge in [0.1, 0.15) is 12.2 Å². The lowest BCUT2D eigenvalue weighted by Gasteiger charge is -2.20. The zero-order chi connectivity index (χ0) is 11.1. The topological polar surface area (TPSA) is 77.8 Å². The lowest BCUT2D eigenvalue weighted by atomic mass is 10.0. The summed E-state index contributed by atoms with van der Waals surface area (Å²) in [6.07, 6.45) is -0.632. The zero-order valence-electron chi connectivity index (χ0n) is 8.81. The van der Waals surface area contributed by atoms with Gasteiger partial charge in [0, 0.05) is 0 Å². The van der Waals surface area contributed by atoms with Gasteiger partial charge in [0.25, 0.3) is 0 Å². The highest BCUT2D eigenvalue weighted by atomic mass is 16.4. The summed E-state index contributed by atoms with van der Waals surface area (Å²) < 4.78 is 0. The Kier molecular flexibility index (Phi) is 6.70. The van der Waals surface area contributed by atoms with Crippen molar-refractivity contribution in [1.82, 2.24) is 0 Å². The Morgan fingerprint density at radius 3 is 2.21 bits per heavy atom. The average Bonchev–Trinajstić information content (AvgIpc) is 2.15. The van der Waals surface area contributed by atoms with Gasteiger partial charge in [0.15, 0.2) is 5.78 Å². The number of carbonyl (C=O) groups excluding carboxylic acids is 1. The van der Waals surface area contributed by atoms with Crippen molar-refractivity contribution in [3.63, 3.8) is 0 Å². The second kappa shape index (κ2) is 6.92. The Morgan fingerprint density at radius 2 is 1.79 bits per heavy atom. The Morgan fingerprint density at radius 1 is 1.21 bits per heavy atom. The first-order valence-corrected chi connectivity index (χ1v) is 5.05. The number of ketones is 1. The molecule has 14 heavy (non-hydrogen) atoms. The highest BCUT2D eigenvalue weighted by Crippen LogP contribution is 2.09. The number of unbranched alkanes of at least 4 members (excludes halogenated alkanes) is 2. The zero-order valence-corrected chi connectivity index (χ0v) is 8.81. The first-order chi connectivity index (χ1) is 6.50. The molecule has 4 heteroatoms. The fourth-order valence-electron chi connectivity index (χ4n) is 1.23. The van der Waals surface area contributed by atoms with Crippen molar-refractivity contribution in [1.29, 1.82) is 0 Å². The van der Waals surface area contributed by atoms with Crippen LogP contribution in [-0.4, -0.2) is 39.4 Å². The van der Waals surface area contributed by atoms with E-state index in [0.717, 1.165) is 19.3 Å². The maximum absolute atomic E-state index is 10.7. The van der Waals surface area contributed by atoms with E-state index in [1.165, 1.54) is 6.92 Å². The number of hydrogen-bond acceptors (Lipinski definition) is 4. The Labute approximate surface area is 84.6 Å². The molecular formula is C10H20O4. The summed E-state index contributed by atoms with van der Waals surface area (Å²) in [6.45, 7) is 3.22. The van der Waals surface area contributed by atoms with Crippen molar-refractivity contribution in [2.24, 2.45) is 0 Å². The van der Waals surface area contributed by atoms with Crippen LogP contribution in [0, 0.1) is 0 Å². The molecule has 0 aromatic carbocycles. The largest absolute Gasteiger partial charge is 0.390 e. The summed E-state index contributed by atoms with van der Waals surface area (Å²) in [5, 5.41) is 27.9. The van der Waals surface area contributed by atoms with E-state index >= 15 is 0 Å². The summed E-state index contributed by atoms with van der Waals surface area (Å²) in [5.41, 5.74) is 0. The van der Waals surface area contributed by atoms with Gasteiger partial charge in [-0.1, -0.05) is 26.2 Å². The van der Waals surface area contributed by atoms with Crippen molar-refractivity contribution in [3.8, 4) is 0 Å². The predicted molar refractivity (Wildman–Crippen MR) is 52.8 cm³/mol. The fraction of sp³-hybridized carbons (Fsp3) is 0.900. The quantitative estimate of drug-likeness (QED) is 0.519. The van der Waals surface area contributed by atoms with Crippen LogP contribution >= 0.6 is 0 Å². The molecule has 0 radical (unpaired) electrons. The van der Waals surface area contributed by atoms with E-state index < -0.39 is 24.1 Å². The summed E-state index contributed by atoms with van der Waals surface area (Å²) in [5.74, 6) is -0.521. The van der Waals surface area contributed by atoms with E-state index in [1.54, 1.807) is 0 Å². The minimum atomic E-state index is -1.47. The normalized spacial score (nSPS) is 17.5. The van der Waals surface area contributed by atoms with Crippen LogP contribution in [0.5, 0.6) is 0 Å². The molecule has 4 nitrogen and oxygen atoms in total. The van der Waals surface area contributed by atoms with Crippen LogP contribution in [0.25, 0.3) is 0 Å². The molecule has 3 N–H and O–H groups in total. The standard InChI is InChI=1S/C10H20O4/c1-3-4-5-6-8(12)10(14)9(13)7(2)11/h8-10,12-14H,3-6H2,1-2H3. The van der Waals surface area contributed by atoms with Gasteiger partial charge in [-0.3, -0.25) is 4.79 Å². The maximum Gasteiger partial charge on any atom is 0.160 e. The van der Waals surface area contributed by atoms with E-state index in [1.807, 2.05) is 6.92 Å². The third kappa shape index (κ3) is 4.69. The third-order valence-corrected chi connectivity index (χ3v) is 2.24. The van der Waals surface area contributed by atoms with Crippen molar-refractivity contribution in [2.45, 2.75) is 57.8 Å². The van der Waals surface area contributed by atoms with Crippen molar-refractivity contribution < 1.29 is 20.1 Å². The molecule has 0 aromatic heterocycles. The van der Waals surface area contributed by atoms with Crippen LogP contribution in [0.2, 0.25) is 0 Å². The minimum absolute atomic E-state index is 0.416. The molecule has 0 spiro atoms. The SMILES string of the molecule is CCCCCC(O)C(O)C(O)C(C)=O. The number of carbonyl (C=O) groups is 1. The molecule has 0 aliphatic rings. The molecule has 0 rings (SSSR count). The predicted octanol–water partition coefficient (Wildman–Crippen LogP) is 0.238. The van der Waals surface area contributed by atoms with E-state index in [0.29, 0.717) is 6.42 Å². The molecule has 3 unspecified atom stereocenters. The molecule has 0 heterocycles. The minimum Gasteiger partial charge on any atom is -0.390 e. The van der Waals surface area contributed by atoms with Gasteiger partial charge in [-0.05, 0) is 13.3 Å². The van der Waals surface area contributed by atoms with Gasteiger partial charge in [-0.15, -0.1) is 0 Å². The number of hydrogen-bond donors (Lipinski definition) is 3. The number of rotatable bonds is 7. The molecule has 0 aromatic rings. The van der Waals surface area contributed by atoms with E-state index in [9.17, 15) is 15.0 Å². The van der Waals surface area contributed by atoms with Gasteiger partial charge in [-0.2, -0.15) is 0 Å². The van der Waals surface area contributed by atoms with Crippen LogP contribution < -0.4 is 0 Å². The summed E-state index contributed by atoms with van der Waals surface area (Å²) >= 11 is 0.